The van der Waals surface area contributed by atoms with E-state index in [-0.39, 0.29) is 4.90 Å². The zero-order valence-corrected chi connectivity index (χ0v) is 15.7. The highest BCUT2D eigenvalue weighted by Crippen LogP contribution is 2.32. The number of methoxy groups -OCH3 is 1. The second kappa shape index (κ2) is 7.73. The third-order valence-electron chi connectivity index (χ3n) is 3.99. The first-order valence-corrected chi connectivity index (χ1v) is 9.07. The number of nitrogens with zero attached hydrogens (tertiary/aromatic N) is 5. The molecule has 0 saturated carbocycles. The SMILES string of the molecule is COc1ncc(-c2ccn3ncc(C#N)c3n2)cc1NSc1ccc(F)cc1F. The Hall–Kier alpha value is -3.71. The number of fused-ring (bicyclic) bond motifs is 1. The van der Waals surface area contributed by atoms with Gasteiger partial charge in [-0.25, -0.2) is 23.3 Å². The Morgan fingerprint density at radius 2 is 2.07 bits per heavy atom. The van der Waals surface area contributed by atoms with Crippen LogP contribution in [-0.4, -0.2) is 26.7 Å². The first-order chi connectivity index (χ1) is 14.1. The topological polar surface area (TPSA) is 88.1 Å². The van der Waals surface area contributed by atoms with E-state index in [9.17, 15) is 14.0 Å². The molecular formula is C19H12F2N6OS. The number of hydrogen-bond acceptors (Lipinski definition) is 7. The first kappa shape index (κ1) is 18.6. The van der Waals surface area contributed by atoms with Crippen LogP contribution in [0.5, 0.6) is 5.88 Å². The molecule has 0 amide bonds. The fourth-order valence-corrected chi connectivity index (χ4v) is 3.26. The number of rotatable bonds is 5. The van der Waals surface area contributed by atoms with Crippen molar-refractivity contribution in [3.8, 4) is 23.2 Å². The average Bonchev–Trinajstić information content (AvgIpc) is 3.15. The lowest BCUT2D eigenvalue weighted by Gasteiger charge is -2.11. The van der Waals surface area contributed by atoms with E-state index < -0.39 is 11.6 Å². The minimum atomic E-state index is -0.678. The van der Waals surface area contributed by atoms with E-state index in [1.807, 2.05) is 6.07 Å². The fraction of sp³-hybridized carbons (Fsp3) is 0.0526. The highest BCUT2D eigenvalue weighted by Gasteiger charge is 2.12. The van der Waals surface area contributed by atoms with Gasteiger partial charge < -0.3 is 9.46 Å². The molecule has 4 aromatic rings. The van der Waals surface area contributed by atoms with E-state index in [0.717, 1.165) is 18.0 Å². The van der Waals surface area contributed by atoms with Crippen molar-refractivity contribution in [1.29, 1.82) is 5.26 Å². The number of anilines is 1. The largest absolute Gasteiger partial charge is 0.480 e. The molecule has 0 atom stereocenters. The molecule has 10 heteroatoms. The first-order valence-electron chi connectivity index (χ1n) is 8.26. The van der Waals surface area contributed by atoms with Gasteiger partial charge in [-0.15, -0.1) is 0 Å². The summed E-state index contributed by atoms with van der Waals surface area (Å²) in [4.78, 5) is 8.95. The second-order valence-corrected chi connectivity index (χ2v) is 6.66. The van der Waals surface area contributed by atoms with E-state index in [0.29, 0.717) is 34.0 Å². The summed E-state index contributed by atoms with van der Waals surface area (Å²) in [5, 5.41) is 13.2. The molecule has 0 bridgehead atoms. The minimum Gasteiger partial charge on any atom is -0.480 e. The molecule has 0 aliphatic heterocycles. The Morgan fingerprint density at radius 3 is 2.83 bits per heavy atom. The maximum absolute atomic E-state index is 13.9. The van der Waals surface area contributed by atoms with Crippen molar-refractivity contribution in [2.45, 2.75) is 4.90 Å². The molecule has 0 fully saturated rings. The van der Waals surface area contributed by atoms with Crippen LogP contribution < -0.4 is 9.46 Å². The number of aromatic nitrogens is 4. The number of pyridine rings is 1. The van der Waals surface area contributed by atoms with Crippen molar-refractivity contribution in [1.82, 2.24) is 19.6 Å². The van der Waals surface area contributed by atoms with Crippen LogP contribution in [0.3, 0.4) is 0 Å². The Balaban J connectivity index is 1.67. The van der Waals surface area contributed by atoms with E-state index in [4.69, 9.17) is 4.74 Å². The number of halogens is 2. The monoisotopic (exact) mass is 410 g/mol. The zero-order valence-electron chi connectivity index (χ0n) is 14.9. The third kappa shape index (κ3) is 3.68. The summed E-state index contributed by atoms with van der Waals surface area (Å²) >= 11 is 0.963. The molecule has 4 rings (SSSR count). The molecule has 0 aliphatic carbocycles. The summed E-state index contributed by atoms with van der Waals surface area (Å²) in [5.41, 5.74) is 2.49. The van der Waals surface area contributed by atoms with Gasteiger partial charge >= 0.3 is 0 Å². The van der Waals surface area contributed by atoms with Gasteiger partial charge in [0.15, 0.2) is 5.65 Å². The zero-order chi connectivity index (χ0) is 20.4. The summed E-state index contributed by atoms with van der Waals surface area (Å²) in [5.74, 6) is -1.03. The molecule has 3 aromatic heterocycles. The molecule has 0 aliphatic rings. The maximum Gasteiger partial charge on any atom is 0.237 e. The van der Waals surface area contributed by atoms with Crippen LogP contribution in [0.2, 0.25) is 0 Å². The number of nitrogens with one attached hydrogen (secondary N) is 1. The summed E-state index contributed by atoms with van der Waals surface area (Å²) < 4.78 is 36.7. The van der Waals surface area contributed by atoms with Crippen LogP contribution in [0.25, 0.3) is 16.9 Å². The van der Waals surface area contributed by atoms with Crippen LogP contribution in [0, 0.1) is 23.0 Å². The van der Waals surface area contributed by atoms with E-state index in [1.165, 1.54) is 30.0 Å². The standard InChI is InChI=1S/C19H12F2N6OS/c1-28-19-16(26-29-17-3-2-13(20)7-14(17)21)6-11(9-23-19)15-4-5-27-18(25-15)12(8-22)10-24-27/h2-7,9-10,26H,1H3. The van der Waals surface area contributed by atoms with Crippen molar-refractivity contribution in [3.05, 3.63) is 66.1 Å². The van der Waals surface area contributed by atoms with Crippen molar-refractivity contribution >= 4 is 23.3 Å². The molecule has 29 heavy (non-hydrogen) atoms. The lowest BCUT2D eigenvalue weighted by atomic mass is 10.2. The van der Waals surface area contributed by atoms with Crippen LogP contribution in [-0.2, 0) is 0 Å². The van der Waals surface area contributed by atoms with Gasteiger partial charge in [0.1, 0.15) is 29.0 Å². The van der Waals surface area contributed by atoms with Crippen molar-refractivity contribution in [3.63, 3.8) is 0 Å². The lowest BCUT2D eigenvalue weighted by Crippen LogP contribution is -1.98. The van der Waals surface area contributed by atoms with Crippen LogP contribution in [0.15, 0.2) is 53.8 Å². The van der Waals surface area contributed by atoms with Crippen molar-refractivity contribution in [2.75, 3.05) is 11.8 Å². The van der Waals surface area contributed by atoms with Gasteiger partial charge in [-0.1, -0.05) is 0 Å². The summed E-state index contributed by atoms with van der Waals surface area (Å²) in [6.45, 7) is 0. The smallest absolute Gasteiger partial charge is 0.237 e. The van der Waals surface area contributed by atoms with Gasteiger partial charge in [0.2, 0.25) is 5.88 Å². The van der Waals surface area contributed by atoms with Crippen molar-refractivity contribution in [2.24, 2.45) is 0 Å². The minimum absolute atomic E-state index is 0.219. The molecule has 1 aromatic carbocycles. The Bertz CT molecular complexity index is 1250. The Morgan fingerprint density at radius 1 is 1.21 bits per heavy atom. The summed E-state index contributed by atoms with van der Waals surface area (Å²) in [6.07, 6.45) is 4.71. The molecule has 1 N–H and O–H groups in total. The van der Waals surface area contributed by atoms with Gasteiger partial charge in [0.25, 0.3) is 0 Å². The van der Waals surface area contributed by atoms with Crippen LogP contribution >= 0.6 is 11.9 Å². The molecular weight excluding hydrogens is 398 g/mol. The number of nitriles is 1. The maximum atomic E-state index is 13.9. The third-order valence-corrected chi connectivity index (χ3v) is 4.87. The average molecular weight is 410 g/mol. The molecule has 0 unspecified atom stereocenters. The van der Waals surface area contributed by atoms with Gasteiger partial charge in [0, 0.05) is 24.0 Å². The fourth-order valence-electron chi connectivity index (χ4n) is 2.60. The van der Waals surface area contributed by atoms with E-state index in [1.54, 1.807) is 24.5 Å². The summed E-state index contributed by atoms with van der Waals surface area (Å²) in [7, 11) is 1.46. The van der Waals surface area contributed by atoms with E-state index >= 15 is 0 Å². The highest BCUT2D eigenvalue weighted by molar-refractivity contribution is 8.00. The van der Waals surface area contributed by atoms with Gasteiger partial charge in [-0.2, -0.15) is 10.4 Å². The molecule has 0 saturated heterocycles. The Kier molecular flexibility index (Phi) is 4.97. The number of hydrogen-bond donors (Lipinski definition) is 1. The van der Waals surface area contributed by atoms with Gasteiger partial charge in [0.05, 0.1) is 23.9 Å². The predicted molar refractivity (Wildman–Crippen MR) is 103 cm³/mol. The van der Waals surface area contributed by atoms with Gasteiger partial charge in [-0.3, -0.25) is 0 Å². The van der Waals surface area contributed by atoms with Gasteiger partial charge in [-0.05, 0) is 36.2 Å². The van der Waals surface area contributed by atoms with Crippen LogP contribution in [0.4, 0.5) is 14.5 Å². The molecule has 7 nitrogen and oxygen atoms in total. The normalized spacial score (nSPS) is 10.7. The summed E-state index contributed by atoms with van der Waals surface area (Å²) in [6, 6.07) is 8.85. The number of benzene rings is 1. The lowest BCUT2D eigenvalue weighted by molar-refractivity contribution is 0.400. The highest BCUT2D eigenvalue weighted by atomic mass is 32.2. The molecule has 144 valence electrons. The van der Waals surface area contributed by atoms with E-state index in [2.05, 4.69) is 19.8 Å². The quantitative estimate of drug-likeness (QED) is 0.496. The van der Waals surface area contributed by atoms with Crippen molar-refractivity contribution < 1.29 is 13.5 Å². The Labute approximate surface area is 168 Å². The number of ether oxygens (including phenoxy) is 1. The second-order valence-electron chi connectivity index (χ2n) is 5.81. The van der Waals surface area contributed by atoms with Crippen LogP contribution in [0.1, 0.15) is 5.56 Å². The predicted octanol–water partition coefficient (Wildman–Crippen LogP) is 4.07. The molecule has 0 radical (unpaired) electrons. The molecule has 3 heterocycles. The molecule has 0 spiro atoms.